The Bertz CT molecular complexity index is 563. The van der Waals surface area contributed by atoms with Crippen LogP contribution >= 0.6 is 0 Å². The zero-order valence-electron chi connectivity index (χ0n) is 10.2. The first-order valence-corrected chi connectivity index (χ1v) is 5.59. The Balaban J connectivity index is 2.46. The molecule has 2 rings (SSSR count). The maximum atomic E-state index is 13.6. The number of hydrogen-bond donors (Lipinski definition) is 1. The number of benzene rings is 1. The first-order chi connectivity index (χ1) is 8.41. The molecule has 1 atom stereocenters. The lowest BCUT2D eigenvalue weighted by molar-refractivity contribution is 0.555. The molecule has 0 saturated heterocycles. The van der Waals surface area contributed by atoms with Crippen molar-refractivity contribution in [2.75, 3.05) is 0 Å². The normalized spacial score (nSPS) is 14.3. The molecular weight excluding hydrogens is 234 g/mol. The summed E-state index contributed by atoms with van der Waals surface area (Å²) in [5.74, 6) is -0.740. The number of rotatable bonds is 2. The SMILES string of the molecule is Cc1ccc(C(C)(N)c2ccc(F)cn2)cc1F. The maximum Gasteiger partial charge on any atom is 0.141 e. The van der Waals surface area contributed by atoms with E-state index >= 15 is 0 Å². The van der Waals surface area contributed by atoms with Crippen LogP contribution in [-0.4, -0.2) is 4.98 Å². The van der Waals surface area contributed by atoms with Gasteiger partial charge in [0.1, 0.15) is 11.6 Å². The number of hydrogen-bond acceptors (Lipinski definition) is 2. The average Bonchev–Trinajstić information content (AvgIpc) is 2.33. The Hall–Kier alpha value is -1.81. The molecule has 0 aliphatic carbocycles. The second-order valence-electron chi connectivity index (χ2n) is 4.53. The molecule has 0 amide bonds. The number of aryl methyl sites for hydroxylation is 1. The summed E-state index contributed by atoms with van der Waals surface area (Å²) in [5.41, 5.74) is 6.87. The van der Waals surface area contributed by atoms with E-state index in [1.54, 1.807) is 26.0 Å². The third kappa shape index (κ3) is 2.24. The predicted molar refractivity (Wildman–Crippen MR) is 66.0 cm³/mol. The monoisotopic (exact) mass is 248 g/mol. The quantitative estimate of drug-likeness (QED) is 0.887. The number of nitrogens with two attached hydrogens (primary N) is 1. The fourth-order valence-electron chi connectivity index (χ4n) is 1.75. The molecule has 1 unspecified atom stereocenters. The highest BCUT2D eigenvalue weighted by atomic mass is 19.1. The van der Waals surface area contributed by atoms with Crippen molar-refractivity contribution in [1.29, 1.82) is 0 Å². The molecule has 0 spiro atoms. The van der Waals surface area contributed by atoms with Gasteiger partial charge in [-0.15, -0.1) is 0 Å². The molecule has 0 bridgehead atoms. The highest BCUT2D eigenvalue weighted by Crippen LogP contribution is 2.26. The molecule has 2 nitrogen and oxygen atoms in total. The van der Waals surface area contributed by atoms with Gasteiger partial charge in [0, 0.05) is 0 Å². The van der Waals surface area contributed by atoms with Gasteiger partial charge in [-0.1, -0.05) is 12.1 Å². The van der Waals surface area contributed by atoms with Crippen LogP contribution in [0.4, 0.5) is 8.78 Å². The number of nitrogens with zero attached hydrogens (tertiary/aromatic N) is 1. The van der Waals surface area contributed by atoms with Gasteiger partial charge in [0.2, 0.25) is 0 Å². The van der Waals surface area contributed by atoms with E-state index in [-0.39, 0.29) is 5.82 Å². The van der Waals surface area contributed by atoms with Crippen LogP contribution in [0, 0.1) is 18.6 Å². The third-order valence-corrected chi connectivity index (χ3v) is 3.03. The fraction of sp³-hybridized carbons (Fsp3) is 0.214. The van der Waals surface area contributed by atoms with Gasteiger partial charge in [0.25, 0.3) is 0 Å². The van der Waals surface area contributed by atoms with Crippen LogP contribution in [0.2, 0.25) is 0 Å². The van der Waals surface area contributed by atoms with Crippen LogP contribution < -0.4 is 5.73 Å². The molecule has 0 saturated carbocycles. The lowest BCUT2D eigenvalue weighted by Crippen LogP contribution is -2.35. The first-order valence-electron chi connectivity index (χ1n) is 5.59. The number of halogens is 2. The number of pyridine rings is 1. The van der Waals surface area contributed by atoms with E-state index in [0.29, 0.717) is 16.8 Å². The molecule has 0 aliphatic rings. The molecule has 1 aromatic carbocycles. The summed E-state index contributed by atoms with van der Waals surface area (Å²) in [6.45, 7) is 3.40. The van der Waals surface area contributed by atoms with Gasteiger partial charge in [-0.05, 0) is 43.2 Å². The van der Waals surface area contributed by atoms with Crippen molar-refractivity contribution in [3.05, 3.63) is 65.0 Å². The second kappa shape index (κ2) is 4.46. The molecule has 0 radical (unpaired) electrons. The highest BCUT2D eigenvalue weighted by molar-refractivity contribution is 5.35. The third-order valence-electron chi connectivity index (χ3n) is 3.03. The van der Waals surface area contributed by atoms with Crippen LogP contribution in [-0.2, 0) is 5.54 Å². The molecule has 1 aromatic heterocycles. The van der Waals surface area contributed by atoms with E-state index in [1.165, 1.54) is 18.2 Å². The van der Waals surface area contributed by atoms with Crippen molar-refractivity contribution in [1.82, 2.24) is 4.98 Å². The molecule has 4 heteroatoms. The lowest BCUT2D eigenvalue weighted by atomic mass is 9.88. The lowest BCUT2D eigenvalue weighted by Gasteiger charge is -2.25. The first kappa shape index (κ1) is 12.6. The van der Waals surface area contributed by atoms with E-state index in [1.807, 2.05) is 0 Å². The van der Waals surface area contributed by atoms with E-state index in [2.05, 4.69) is 4.98 Å². The molecule has 94 valence electrons. The Labute approximate surface area is 104 Å². The van der Waals surface area contributed by atoms with Crippen molar-refractivity contribution in [2.45, 2.75) is 19.4 Å². The summed E-state index contributed by atoms with van der Waals surface area (Å²) in [6, 6.07) is 7.61. The van der Waals surface area contributed by atoms with Crippen molar-refractivity contribution in [3.63, 3.8) is 0 Å². The van der Waals surface area contributed by atoms with Crippen LogP contribution in [0.5, 0.6) is 0 Å². The van der Waals surface area contributed by atoms with Crippen molar-refractivity contribution < 1.29 is 8.78 Å². The summed E-state index contributed by atoms with van der Waals surface area (Å²) < 4.78 is 26.4. The van der Waals surface area contributed by atoms with Gasteiger partial charge in [-0.3, -0.25) is 4.98 Å². The van der Waals surface area contributed by atoms with Crippen molar-refractivity contribution in [3.8, 4) is 0 Å². The van der Waals surface area contributed by atoms with Gasteiger partial charge in [-0.25, -0.2) is 8.78 Å². The summed E-state index contributed by atoms with van der Waals surface area (Å²) in [7, 11) is 0. The van der Waals surface area contributed by atoms with Gasteiger partial charge < -0.3 is 5.73 Å². The van der Waals surface area contributed by atoms with Gasteiger partial charge in [-0.2, -0.15) is 0 Å². The Morgan fingerprint density at radius 3 is 2.44 bits per heavy atom. The Morgan fingerprint density at radius 1 is 1.17 bits per heavy atom. The molecule has 2 aromatic rings. The Kier molecular flexibility index (Phi) is 3.13. The summed E-state index contributed by atoms with van der Waals surface area (Å²) in [6.07, 6.45) is 1.10. The highest BCUT2D eigenvalue weighted by Gasteiger charge is 2.26. The smallest absolute Gasteiger partial charge is 0.141 e. The maximum absolute atomic E-state index is 13.6. The molecule has 0 aliphatic heterocycles. The van der Waals surface area contributed by atoms with Crippen LogP contribution in [0.25, 0.3) is 0 Å². The summed E-state index contributed by atoms with van der Waals surface area (Å²) in [5, 5.41) is 0. The summed E-state index contributed by atoms with van der Waals surface area (Å²) >= 11 is 0. The second-order valence-corrected chi connectivity index (χ2v) is 4.53. The van der Waals surface area contributed by atoms with Crippen LogP contribution in [0.3, 0.4) is 0 Å². The summed E-state index contributed by atoms with van der Waals surface area (Å²) in [4.78, 5) is 3.96. The van der Waals surface area contributed by atoms with Gasteiger partial charge in [0.15, 0.2) is 0 Å². The average molecular weight is 248 g/mol. The zero-order valence-corrected chi connectivity index (χ0v) is 10.2. The van der Waals surface area contributed by atoms with Crippen molar-refractivity contribution in [2.24, 2.45) is 5.73 Å². The van der Waals surface area contributed by atoms with E-state index in [0.717, 1.165) is 6.20 Å². The zero-order chi connectivity index (χ0) is 13.3. The Morgan fingerprint density at radius 2 is 1.89 bits per heavy atom. The molecular formula is C14H14F2N2. The van der Waals surface area contributed by atoms with Crippen LogP contribution in [0.1, 0.15) is 23.7 Å². The van der Waals surface area contributed by atoms with Gasteiger partial charge >= 0.3 is 0 Å². The minimum atomic E-state index is -0.956. The van der Waals surface area contributed by atoms with E-state index in [9.17, 15) is 8.78 Å². The number of aromatic nitrogens is 1. The van der Waals surface area contributed by atoms with Crippen molar-refractivity contribution >= 4 is 0 Å². The minimum Gasteiger partial charge on any atom is -0.317 e. The van der Waals surface area contributed by atoms with Crippen LogP contribution in [0.15, 0.2) is 36.5 Å². The van der Waals surface area contributed by atoms with E-state index in [4.69, 9.17) is 5.73 Å². The van der Waals surface area contributed by atoms with E-state index < -0.39 is 11.4 Å². The topological polar surface area (TPSA) is 38.9 Å². The molecule has 1 heterocycles. The fourth-order valence-corrected chi connectivity index (χ4v) is 1.75. The standard InChI is InChI=1S/C14H14F2N2/c1-9-3-4-10(7-12(9)16)14(2,17)13-6-5-11(15)8-18-13/h3-8H,17H2,1-2H3. The molecule has 0 fully saturated rings. The largest absolute Gasteiger partial charge is 0.317 e. The predicted octanol–water partition coefficient (Wildman–Crippen LogP) is 2.89. The van der Waals surface area contributed by atoms with Gasteiger partial charge in [0.05, 0.1) is 17.4 Å². The minimum absolute atomic E-state index is 0.314. The molecule has 2 N–H and O–H groups in total. The molecule has 18 heavy (non-hydrogen) atoms.